The second-order valence-corrected chi connectivity index (χ2v) is 4.97. The van der Waals surface area contributed by atoms with E-state index in [-0.39, 0.29) is 18.2 Å². The summed E-state index contributed by atoms with van der Waals surface area (Å²) in [4.78, 5) is 33.6. The number of carboxylic acids is 1. The molecule has 20 heavy (non-hydrogen) atoms. The third-order valence-electron chi connectivity index (χ3n) is 2.80. The van der Waals surface area contributed by atoms with E-state index in [4.69, 9.17) is 5.11 Å². The van der Waals surface area contributed by atoms with E-state index in [1.807, 2.05) is 0 Å². The molecule has 3 N–H and O–H groups in total. The summed E-state index contributed by atoms with van der Waals surface area (Å²) >= 11 is 0. The fourth-order valence-electron chi connectivity index (χ4n) is 1.37. The smallest absolute Gasteiger partial charge is 0.323 e. The summed E-state index contributed by atoms with van der Waals surface area (Å²) in [7, 11) is 0. The van der Waals surface area contributed by atoms with Crippen molar-refractivity contribution in [2.75, 3.05) is 11.9 Å². The Morgan fingerprint density at radius 2 is 1.70 bits per heavy atom. The lowest BCUT2D eigenvalue weighted by Gasteiger charge is -2.20. The molecule has 1 rings (SSSR count). The van der Waals surface area contributed by atoms with Crippen LogP contribution in [0.4, 0.5) is 5.69 Å². The average molecular weight is 278 g/mol. The fraction of sp³-hybridized carbons (Fsp3) is 0.357. The number of benzene rings is 1. The van der Waals surface area contributed by atoms with Crippen LogP contribution in [0.5, 0.6) is 0 Å². The van der Waals surface area contributed by atoms with Gasteiger partial charge in [0.1, 0.15) is 5.54 Å². The molecule has 0 spiro atoms. The van der Waals surface area contributed by atoms with Crippen molar-refractivity contribution >= 4 is 23.3 Å². The number of carbonyl (C=O) groups excluding carboxylic acids is 2. The minimum Gasteiger partial charge on any atom is -0.480 e. The molecule has 0 bridgehead atoms. The van der Waals surface area contributed by atoms with E-state index in [1.165, 1.54) is 20.8 Å². The van der Waals surface area contributed by atoms with Crippen LogP contribution in [0, 0.1) is 0 Å². The van der Waals surface area contributed by atoms with Crippen molar-refractivity contribution in [3.05, 3.63) is 29.8 Å². The SMILES string of the molecule is CC(=O)c1ccc(NC(=O)CNC(C)(C)C(=O)O)cc1. The van der Waals surface area contributed by atoms with Gasteiger partial charge in [0.15, 0.2) is 5.78 Å². The summed E-state index contributed by atoms with van der Waals surface area (Å²) in [5.74, 6) is -1.43. The van der Waals surface area contributed by atoms with E-state index < -0.39 is 11.5 Å². The average Bonchev–Trinajstić information content (AvgIpc) is 2.37. The first kappa shape index (κ1) is 15.8. The molecule has 0 aromatic heterocycles. The number of hydrogen-bond acceptors (Lipinski definition) is 4. The summed E-state index contributed by atoms with van der Waals surface area (Å²) in [6.07, 6.45) is 0. The molecular formula is C14H18N2O4. The predicted octanol–water partition coefficient (Wildman–Crippen LogP) is 1.28. The van der Waals surface area contributed by atoms with Gasteiger partial charge < -0.3 is 10.4 Å². The third-order valence-corrected chi connectivity index (χ3v) is 2.80. The number of carbonyl (C=O) groups is 3. The number of nitrogens with one attached hydrogen (secondary N) is 2. The fourth-order valence-corrected chi connectivity index (χ4v) is 1.37. The van der Waals surface area contributed by atoms with Gasteiger partial charge in [0, 0.05) is 11.3 Å². The van der Waals surface area contributed by atoms with Crippen LogP contribution in [-0.2, 0) is 9.59 Å². The largest absolute Gasteiger partial charge is 0.480 e. The molecule has 0 aliphatic carbocycles. The van der Waals surface area contributed by atoms with Crippen molar-refractivity contribution in [3.63, 3.8) is 0 Å². The van der Waals surface area contributed by atoms with Crippen LogP contribution in [0.15, 0.2) is 24.3 Å². The molecule has 0 heterocycles. The van der Waals surface area contributed by atoms with Gasteiger partial charge in [0.05, 0.1) is 6.54 Å². The number of Topliss-reactive ketones (excluding diaryl/α,β-unsaturated/α-hetero) is 1. The van der Waals surface area contributed by atoms with Gasteiger partial charge >= 0.3 is 5.97 Å². The van der Waals surface area contributed by atoms with Crippen LogP contribution in [0.1, 0.15) is 31.1 Å². The van der Waals surface area contributed by atoms with Gasteiger partial charge in [-0.1, -0.05) is 0 Å². The van der Waals surface area contributed by atoms with Crippen molar-refractivity contribution in [1.82, 2.24) is 5.32 Å². The lowest BCUT2D eigenvalue weighted by molar-refractivity contribution is -0.143. The summed E-state index contributed by atoms with van der Waals surface area (Å²) in [5.41, 5.74) is -0.0569. The molecule has 0 atom stereocenters. The second kappa shape index (κ2) is 6.29. The van der Waals surface area contributed by atoms with Crippen LogP contribution in [0.2, 0.25) is 0 Å². The van der Waals surface area contributed by atoms with E-state index in [2.05, 4.69) is 10.6 Å². The molecule has 1 aromatic carbocycles. The zero-order valence-corrected chi connectivity index (χ0v) is 11.7. The molecular weight excluding hydrogens is 260 g/mol. The van der Waals surface area contributed by atoms with E-state index in [1.54, 1.807) is 24.3 Å². The Bertz CT molecular complexity index is 520. The Morgan fingerprint density at radius 3 is 2.15 bits per heavy atom. The van der Waals surface area contributed by atoms with Gasteiger partial charge in [-0.25, -0.2) is 0 Å². The van der Waals surface area contributed by atoms with Crippen molar-refractivity contribution < 1.29 is 19.5 Å². The van der Waals surface area contributed by atoms with Crippen LogP contribution < -0.4 is 10.6 Å². The highest BCUT2D eigenvalue weighted by molar-refractivity contribution is 5.96. The maximum atomic E-state index is 11.7. The normalized spacial score (nSPS) is 10.9. The molecule has 6 heteroatoms. The number of aliphatic carboxylic acids is 1. The molecule has 0 radical (unpaired) electrons. The Kier molecular flexibility index (Phi) is 4.99. The molecule has 108 valence electrons. The second-order valence-electron chi connectivity index (χ2n) is 4.97. The maximum absolute atomic E-state index is 11.7. The highest BCUT2D eigenvalue weighted by Crippen LogP contribution is 2.10. The Balaban J connectivity index is 2.54. The first-order valence-corrected chi connectivity index (χ1v) is 6.11. The molecule has 0 saturated carbocycles. The quantitative estimate of drug-likeness (QED) is 0.681. The number of amides is 1. The van der Waals surface area contributed by atoms with E-state index in [0.29, 0.717) is 11.3 Å². The summed E-state index contributed by atoms with van der Waals surface area (Å²) in [6, 6.07) is 6.48. The van der Waals surface area contributed by atoms with Gasteiger partial charge in [0.2, 0.25) is 5.91 Å². The minimum atomic E-state index is -1.17. The van der Waals surface area contributed by atoms with Crippen molar-refractivity contribution in [2.45, 2.75) is 26.3 Å². The number of rotatable bonds is 6. The van der Waals surface area contributed by atoms with Crippen molar-refractivity contribution in [3.8, 4) is 0 Å². The topological polar surface area (TPSA) is 95.5 Å². The number of ketones is 1. The van der Waals surface area contributed by atoms with Crippen LogP contribution >= 0.6 is 0 Å². The number of carboxylic acid groups (broad SMARTS) is 1. The Labute approximate surface area is 117 Å². The number of hydrogen-bond donors (Lipinski definition) is 3. The molecule has 0 unspecified atom stereocenters. The van der Waals surface area contributed by atoms with E-state index >= 15 is 0 Å². The highest BCUT2D eigenvalue weighted by atomic mass is 16.4. The molecule has 1 amide bonds. The summed E-state index contributed by atoms with van der Waals surface area (Å²) in [5, 5.41) is 14.2. The molecule has 0 saturated heterocycles. The van der Waals surface area contributed by atoms with Crippen LogP contribution in [0.25, 0.3) is 0 Å². The molecule has 0 fully saturated rings. The van der Waals surface area contributed by atoms with Crippen molar-refractivity contribution in [2.24, 2.45) is 0 Å². The van der Waals surface area contributed by atoms with E-state index in [0.717, 1.165) is 0 Å². The zero-order valence-electron chi connectivity index (χ0n) is 11.7. The molecule has 0 aliphatic rings. The van der Waals surface area contributed by atoms with Crippen molar-refractivity contribution in [1.29, 1.82) is 0 Å². The van der Waals surface area contributed by atoms with E-state index in [9.17, 15) is 14.4 Å². The lowest BCUT2D eigenvalue weighted by atomic mass is 10.1. The first-order valence-electron chi connectivity index (χ1n) is 6.11. The zero-order chi connectivity index (χ0) is 15.3. The third kappa shape index (κ3) is 4.47. The predicted molar refractivity (Wildman–Crippen MR) is 74.8 cm³/mol. The number of anilines is 1. The monoisotopic (exact) mass is 278 g/mol. The Hall–Kier alpha value is -2.21. The molecule has 6 nitrogen and oxygen atoms in total. The summed E-state index contributed by atoms with van der Waals surface area (Å²) in [6.45, 7) is 4.30. The molecule has 1 aromatic rings. The van der Waals surface area contributed by atoms with Crippen LogP contribution in [0.3, 0.4) is 0 Å². The highest BCUT2D eigenvalue weighted by Gasteiger charge is 2.26. The Morgan fingerprint density at radius 1 is 1.15 bits per heavy atom. The lowest BCUT2D eigenvalue weighted by Crippen LogP contribution is -2.49. The van der Waals surface area contributed by atoms with Gasteiger partial charge in [-0.05, 0) is 45.0 Å². The maximum Gasteiger partial charge on any atom is 0.323 e. The first-order chi connectivity index (χ1) is 9.22. The van der Waals surface area contributed by atoms with Crippen LogP contribution in [-0.4, -0.2) is 34.8 Å². The summed E-state index contributed by atoms with van der Waals surface area (Å²) < 4.78 is 0. The standard InChI is InChI=1S/C14H18N2O4/c1-9(17)10-4-6-11(7-5-10)16-12(18)8-15-14(2,3)13(19)20/h4-7,15H,8H2,1-3H3,(H,16,18)(H,19,20). The van der Waals surface area contributed by atoms with Gasteiger partial charge in [0.25, 0.3) is 0 Å². The minimum absolute atomic E-state index is 0.0484. The molecule has 0 aliphatic heterocycles. The van der Waals surface area contributed by atoms with Gasteiger partial charge in [-0.3, -0.25) is 19.7 Å². The van der Waals surface area contributed by atoms with Gasteiger partial charge in [-0.15, -0.1) is 0 Å². The van der Waals surface area contributed by atoms with Gasteiger partial charge in [-0.2, -0.15) is 0 Å².